The number of aryl methyl sites for hydroxylation is 1. The van der Waals surface area contributed by atoms with E-state index in [1.54, 1.807) is 6.07 Å². The number of hydrogen-bond donors (Lipinski definition) is 2. The molecule has 1 aromatic heterocycles. The third-order valence-corrected chi connectivity index (χ3v) is 3.79. The van der Waals surface area contributed by atoms with Gasteiger partial charge in [0.2, 0.25) is 5.91 Å². The number of aromatic nitrogens is 2. The van der Waals surface area contributed by atoms with Crippen molar-refractivity contribution in [2.75, 3.05) is 11.1 Å². The third kappa shape index (κ3) is 5.25. The summed E-state index contributed by atoms with van der Waals surface area (Å²) in [6.07, 6.45) is 1.52. The van der Waals surface area contributed by atoms with Crippen LogP contribution in [0.2, 0.25) is 0 Å². The van der Waals surface area contributed by atoms with E-state index in [0.29, 0.717) is 11.6 Å². The first-order chi connectivity index (χ1) is 10.5. The summed E-state index contributed by atoms with van der Waals surface area (Å²) in [4.78, 5) is 22.4. The van der Waals surface area contributed by atoms with E-state index in [1.807, 2.05) is 25.1 Å². The number of rotatable bonds is 7. The topological polar surface area (TPSA) is 84.2 Å². The van der Waals surface area contributed by atoms with Crippen LogP contribution in [-0.4, -0.2) is 32.5 Å². The number of hydrogen-bond acceptors (Lipinski definition) is 4. The first-order valence-electron chi connectivity index (χ1n) is 6.71. The van der Waals surface area contributed by atoms with Crippen LogP contribution >= 0.6 is 11.8 Å². The molecular formula is C15H17N3O3S. The number of carbonyl (C=O) groups is 2. The van der Waals surface area contributed by atoms with E-state index in [-0.39, 0.29) is 12.5 Å². The highest BCUT2D eigenvalue weighted by Gasteiger charge is 2.07. The molecule has 1 amide bonds. The summed E-state index contributed by atoms with van der Waals surface area (Å²) in [5.41, 5.74) is 2.38. The van der Waals surface area contributed by atoms with Gasteiger partial charge in [-0.05, 0) is 12.5 Å². The Balaban J connectivity index is 1.76. The quantitative estimate of drug-likeness (QED) is 0.817. The van der Waals surface area contributed by atoms with E-state index < -0.39 is 5.97 Å². The monoisotopic (exact) mass is 319 g/mol. The van der Waals surface area contributed by atoms with E-state index in [9.17, 15) is 9.59 Å². The predicted molar refractivity (Wildman–Crippen MR) is 85.8 cm³/mol. The van der Waals surface area contributed by atoms with Gasteiger partial charge in [-0.3, -0.25) is 14.3 Å². The fourth-order valence-electron chi connectivity index (χ4n) is 1.90. The van der Waals surface area contributed by atoms with Crippen LogP contribution in [0.4, 0.5) is 5.82 Å². The largest absolute Gasteiger partial charge is 0.480 e. The van der Waals surface area contributed by atoms with Crippen LogP contribution in [0.25, 0.3) is 0 Å². The Morgan fingerprint density at radius 3 is 2.91 bits per heavy atom. The third-order valence-electron chi connectivity index (χ3n) is 2.79. The molecule has 2 N–H and O–H groups in total. The SMILES string of the molecule is Cc1cccc(CSCC(=O)Nc2ccn(CC(=O)O)n2)c1. The van der Waals surface area contributed by atoms with Crippen molar-refractivity contribution in [1.29, 1.82) is 0 Å². The van der Waals surface area contributed by atoms with Crippen LogP contribution in [0.1, 0.15) is 11.1 Å². The summed E-state index contributed by atoms with van der Waals surface area (Å²) in [5.74, 6) is 0.317. The maximum Gasteiger partial charge on any atom is 0.325 e. The maximum absolute atomic E-state index is 11.8. The maximum atomic E-state index is 11.8. The Morgan fingerprint density at radius 2 is 2.18 bits per heavy atom. The van der Waals surface area contributed by atoms with Crippen LogP contribution in [0.5, 0.6) is 0 Å². The second kappa shape index (κ2) is 7.65. The number of benzene rings is 1. The average molecular weight is 319 g/mol. The zero-order valence-electron chi connectivity index (χ0n) is 12.2. The lowest BCUT2D eigenvalue weighted by Gasteiger charge is -2.03. The van der Waals surface area contributed by atoms with E-state index in [0.717, 1.165) is 5.75 Å². The van der Waals surface area contributed by atoms with Gasteiger partial charge in [0.25, 0.3) is 0 Å². The molecule has 0 spiro atoms. The molecule has 0 aliphatic carbocycles. The van der Waals surface area contributed by atoms with Gasteiger partial charge in [-0.15, -0.1) is 11.8 Å². The van der Waals surface area contributed by atoms with Crippen molar-refractivity contribution in [2.24, 2.45) is 0 Å². The molecule has 7 heteroatoms. The van der Waals surface area contributed by atoms with Gasteiger partial charge in [0.05, 0.1) is 5.75 Å². The summed E-state index contributed by atoms with van der Waals surface area (Å²) < 4.78 is 1.26. The molecule has 2 rings (SSSR count). The molecule has 116 valence electrons. The minimum Gasteiger partial charge on any atom is -0.480 e. The Kier molecular flexibility index (Phi) is 5.60. The molecule has 2 aromatic rings. The second-order valence-electron chi connectivity index (χ2n) is 4.82. The minimum atomic E-state index is -0.977. The summed E-state index contributed by atoms with van der Waals surface area (Å²) in [5, 5.41) is 15.3. The first kappa shape index (κ1) is 16.1. The number of carbonyl (C=O) groups excluding carboxylic acids is 1. The lowest BCUT2D eigenvalue weighted by molar-refractivity contribution is -0.137. The highest BCUT2D eigenvalue weighted by molar-refractivity contribution is 7.99. The lowest BCUT2D eigenvalue weighted by Crippen LogP contribution is -2.15. The van der Waals surface area contributed by atoms with Crippen molar-refractivity contribution in [3.05, 3.63) is 47.7 Å². The molecule has 0 atom stereocenters. The predicted octanol–water partition coefficient (Wildman–Crippen LogP) is 2.15. The molecule has 6 nitrogen and oxygen atoms in total. The van der Waals surface area contributed by atoms with Crippen molar-refractivity contribution in [1.82, 2.24) is 9.78 Å². The van der Waals surface area contributed by atoms with Gasteiger partial charge in [0.15, 0.2) is 5.82 Å². The fraction of sp³-hybridized carbons (Fsp3) is 0.267. The minimum absolute atomic E-state index is 0.154. The normalized spacial score (nSPS) is 10.4. The number of carboxylic acids is 1. The number of anilines is 1. The molecule has 0 fully saturated rings. The number of amides is 1. The number of nitrogens with zero attached hydrogens (tertiary/aromatic N) is 2. The van der Waals surface area contributed by atoms with E-state index >= 15 is 0 Å². The molecule has 0 aliphatic heterocycles. The van der Waals surface area contributed by atoms with Crippen molar-refractivity contribution in [2.45, 2.75) is 19.2 Å². The zero-order valence-corrected chi connectivity index (χ0v) is 13.0. The Bertz CT molecular complexity index is 670. The molecule has 0 saturated carbocycles. The summed E-state index contributed by atoms with van der Waals surface area (Å²) in [7, 11) is 0. The van der Waals surface area contributed by atoms with Crippen LogP contribution in [0.15, 0.2) is 36.5 Å². The molecular weight excluding hydrogens is 302 g/mol. The molecule has 0 unspecified atom stereocenters. The second-order valence-corrected chi connectivity index (χ2v) is 5.81. The van der Waals surface area contributed by atoms with Crippen LogP contribution in [0, 0.1) is 6.92 Å². The molecule has 0 bridgehead atoms. The van der Waals surface area contributed by atoms with Gasteiger partial charge in [-0.2, -0.15) is 5.10 Å². The van der Waals surface area contributed by atoms with E-state index in [1.165, 1.54) is 33.8 Å². The van der Waals surface area contributed by atoms with Crippen molar-refractivity contribution in [3.63, 3.8) is 0 Å². The Labute approximate surface area is 132 Å². The van der Waals surface area contributed by atoms with Crippen molar-refractivity contribution >= 4 is 29.5 Å². The summed E-state index contributed by atoms with van der Waals surface area (Å²) in [6.45, 7) is 1.81. The average Bonchev–Trinajstić information content (AvgIpc) is 2.85. The highest BCUT2D eigenvalue weighted by Crippen LogP contribution is 2.14. The molecule has 1 aromatic carbocycles. The van der Waals surface area contributed by atoms with Gasteiger partial charge < -0.3 is 10.4 Å². The number of nitrogens with one attached hydrogen (secondary N) is 1. The van der Waals surface area contributed by atoms with Crippen LogP contribution in [-0.2, 0) is 21.9 Å². The molecule has 0 radical (unpaired) electrons. The Hall–Kier alpha value is -2.28. The molecule has 0 saturated heterocycles. The fourth-order valence-corrected chi connectivity index (χ4v) is 2.67. The Morgan fingerprint density at radius 1 is 1.36 bits per heavy atom. The van der Waals surface area contributed by atoms with Crippen molar-refractivity contribution in [3.8, 4) is 0 Å². The van der Waals surface area contributed by atoms with Gasteiger partial charge in [0.1, 0.15) is 6.54 Å². The summed E-state index contributed by atoms with van der Waals surface area (Å²) >= 11 is 1.52. The molecule has 0 aliphatic rings. The smallest absolute Gasteiger partial charge is 0.325 e. The first-order valence-corrected chi connectivity index (χ1v) is 7.87. The molecule has 1 heterocycles. The highest BCUT2D eigenvalue weighted by atomic mass is 32.2. The zero-order chi connectivity index (χ0) is 15.9. The van der Waals surface area contributed by atoms with Crippen LogP contribution in [0.3, 0.4) is 0 Å². The standard InChI is InChI=1S/C15H17N3O3S/c1-11-3-2-4-12(7-11)9-22-10-14(19)16-13-5-6-18(17-13)8-15(20)21/h2-7H,8-10H2,1H3,(H,20,21)(H,16,17,19). The van der Waals surface area contributed by atoms with Crippen molar-refractivity contribution < 1.29 is 14.7 Å². The van der Waals surface area contributed by atoms with E-state index in [2.05, 4.69) is 16.5 Å². The van der Waals surface area contributed by atoms with Gasteiger partial charge in [-0.25, -0.2) is 0 Å². The number of carboxylic acid groups (broad SMARTS) is 1. The van der Waals surface area contributed by atoms with Crippen LogP contribution < -0.4 is 5.32 Å². The summed E-state index contributed by atoms with van der Waals surface area (Å²) in [6, 6.07) is 9.74. The lowest BCUT2D eigenvalue weighted by atomic mass is 10.2. The molecule has 22 heavy (non-hydrogen) atoms. The number of aliphatic carboxylic acids is 1. The van der Waals surface area contributed by atoms with Gasteiger partial charge in [-0.1, -0.05) is 29.8 Å². The van der Waals surface area contributed by atoms with E-state index in [4.69, 9.17) is 5.11 Å². The number of thioether (sulfide) groups is 1. The van der Waals surface area contributed by atoms with Gasteiger partial charge >= 0.3 is 5.97 Å². The van der Waals surface area contributed by atoms with Gasteiger partial charge in [0, 0.05) is 18.0 Å².